The number of ether oxygens (including phenoxy) is 2. The highest BCUT2D eigenvalue weighted by Gasteiger charge is 2.33. The van der Waals surface area contributed by atoms with Crippen molar-refractivity contribution in [2.45, 2.75) is 6.10 Å². The average molecular weight is 442 g/mol. The van der Waals surface area contributed by atoms with Gasteiger partial charge in [-0.25, -0.2) is 24.0 Å². The number of methoxy groups -OCH3 is 1. The first-order valence-corrected chi connectivity index (χ1v) is 10.0. The van der Waals surface area contributed by atoms with Crippen LogP contribution in [0.2, 0.25) is 0 Å². The summed E-state index contributed by atoms with van der Waals surface area (Å²) in [7, 11) is 3.20. The number of nitrogens with zero attached hydrogens (tertiary/aromatic N) is 5. The first-order valence-electron chi connectivity index (χ1n) is 10.0. The Hall–Kier alpha value is -3.89. The molecule has 1 N–H and O–H groups in total. The summed E-state index contributed by atoms with van der Waals surface area (Å²) in [5.41, 5.74) is 1.35. The Morgan fingerprint density at radius 3 is 2.81 bits per heavy atom. The number of carbonyl (C=O) groups is 2. The summed E-state index contributed by atoms with van der Waals surface area (Å²) in [6.45, 7) is 1.83. The number of amides is 2. The van der Waals surface area contributed by atoms with Crippen LogP contribution in [0, 0.1) is 5.82 Å². The monoisotopic (exact) mass is 442 g/mol. The largest absolute Gasteiger partial charge is 0.453 e. The molecule has 1 unspecified atom stereocenters. The van der Waals surface area contributed by atoms with E-state index >= 15 is 0 Å². The molecule has 0 spiro atoms. The smallest absolute Gasteiger partial charge is 0.414 e. The lowest BCUT2D eigenvalue weighted by Crippen LogP contribution is -2.35. The molecule has 3 heterocycles. The fraction of sp³-hybridized carbons (Fsp3) is 0.333. The molecule has 0 saturated carbocycles. The van der Waals surface area contributed by atoms with E-state index in [0.717, 1.165) is 6.54 Å². The number of aromatic nitrogens is 1. The molecule has 2 aliphatic rings. The summed E-state index contributed by atoms with van der Waals surface area (Å²) in [6, 6.07) is 8.11. The number of nitrogens with one attached hydrogen (secondary N) is 1. The molecule has 1 atom stereocenters. The lowest BCUT2D eigenvalue weighted by Gasteiger charge is -2.26. The fourth-order valence-electron chi connectivity index (χ4n) is 3.40. The molecule has 0 bridgehead atoms. The van der Waals surface area contributed by atoms with Gasteiger partial charge < -0.3 is 19.7 Å². The molecule has 2 aliphatic heterocycles. The van der Waals surface area contributed by atoms with Gasteiger partial charge in [0, 0.05) is 30.9 Å². The quantitative estimate of drug-likeness (QED) is 0.758. The normalized spacial score (nSPS) is 18.0. The van der Waals surface area contributed by atoms with Gasteiger partial charge in [-0.2, -0.15) is 5.10 Å². The van der Waals surface area contributed by atoms with Gasteiger partial charge in [0.15, 0.2) is 0 Å². The first-order chi connectivity index (χ1) is 15.4. The summed E-state index contributed by atoms with van der Waals surface area (Å²) in [5, 5.41) is 8.58. The lowest BCUT2D eigenvalue weighted by atomic mass is 10.1. The van der Waals surface area contributed by atoms with E-state index in [1.165, 1.54) is 18.1 Å². The standard InChI is InChI=1S/C21H23FN6O4/c1-26-7-8-28(25-13-26)19-6-3-14(10-23-19)17-5-4-15(9-18(17)22)27-12-16(32-21(27)30)11-24-20(29)31-2/h3-6,9-10,13,16H,7-8,11-12H2,1-2H3,(H,24,29). The Morgan fingerprint density at radius 2 is 2.16 bits per heavy atom. The van der Waals surface area contributed by atoms with Crippen LogP contribution in [0.3, 0.4) is 0 Å². The van der Waals surface area contributed by atoms with Crippen LogP contribution in [0.25, 0.3) is 11.1 Å². The van der Waals surface area contributed by atoms with Gasteiger partial charge in [-0.15, -0.1) is 0 Å². The maximum absolute atomic E-state index is 14.9. The van der Waals surface area contributed by atoms with E-state index in [2.05, 4.69) is 20.1 Å². The molecule has 0 radical (unpaired) electrons. The second-order valence-corrected chi connectivity index (χ2v) is 7.39. The van der Waals surface area contributed by atoms with Crippen LogP contribution < -0.4 is 15.2 Å². The molecule has 2 amide bonds. The van der Waals surface area contributed by atoms with Gasteiger partial charge in [-0.3, -0.25) is 4.90 Å². The summed E-state index contributed by atoms with van der Waals surface area (Å²) < 4.78 is 24.6. The molecule has 2 aromatic rings. The molecule has 32 heavy (non-hydrogen) atoms. The van der Waals surface area contributed by atoms with E-state index in [4.69, 9.17) is 4.74 Å². The van der Waals surface area contributed by atoms with Gasteiger partial charge in [0.25, 0.3) is 0 Å². The lowest BCUT2D eigenvalue weighted by molar-refractivity contribution is 0.132. The second kappa shape index (κ2) is 9.08. The van der Waals surface area contributed by atoms with Crippen molar-refractivity contribution in [2.24, 2.45) is 5.10 Å². The maximum Gasteiger partial charge on any atom is 0.414 e. The van der Waals surface area contributed by atoms with Crippen LogP contribution in [0.5, 0.6) is 0 Å². The van der Waals surface area contributed by atoms with Gasteiger partial charge in [0.05, 0.1) is 32.4 Å². The molecule has 1 saturated heterocycles. The summed E-state index contributed by atoms with van der Waals surface area (Å²) in [4.78, 5) is 31.1. The molecular weight excluding hydrogens is 419 g/mol. The van der Waals surface area contributed by atoms with Crippen molar-refractivity contribution < 1.29 is 23.5 Å². The third kappa shape index (κ3) is 4.56. The number of halogens is 1. The minimum absolute atomic E-state index is 0.102. The number of hydrogen-bond acceptors (Lipinski definition) is 8. The Morgan fingerprint density at radius 1 is 1.31 bits per heavy atom. The number of rotatable bonds is 5. The van der Waals surface area contributed by atoms with Gasteiger partial charge >= 0.3 is 12.2 Å². The molecule has 168 valence electrons. The SMILES string of the molecule is COC(=O)NCC1CN(c2ccc(-c3ccc(N4CCN(C)C=N4)nc3)c(F)c2)C(=O)O1. The highest BCUT2D eigenvalue weighted by molar-refractivity contribution is 5.90. The Kier molecular flexibility index (Phi) is 6.06. The fourth-order valence-corrected chi connectivity index (χ4v) is 3.40. The first kappa shape index (κ1) is 21.3. The minimum atomic E-state index is -0.617. The Balaban J connectivity index is 1.45. The number of hydrogen-bond donors (Lipinski definition) is 1. The molecule has 11 heteroatoms. The van der Waals surface area contributed by atoms with Crippen LogP contribution in [-0.4, -0.2) is 74.8 Å². The van der Waals surface area contributed by atoms with Gasteiger partial charge in [0.2, 0.25) is 0 Å². The van der Waals surface area contributed by atoms with Crippen LogP contribution in [-0.2, 0) is 9.47 Å². The van der Waals surface area contributed by atoms with Gasteiger partial charge in [-0.1, -0.05) is 0 Å². The summed E-state index contributed by atoms with van der Waals surface area (Å²) in [6.07, 6.45) is 1.55. The molecule has 10 nitrogen and oxygen atoms in total. The summed E-state index contributed by atoms with van der Waals surface area (Å²) in [5.74, 6) is 0.195. The zero-order valence-corrected chi connectivity index (χ0v) is 17.7. The maximum atomic E-state index is 14.9. The number of cyclic esters (lactones) is 1. The molecular formula is C21H23FN6O4. The van der Waals surface area contributed by atoms with E-state index in [1.54, 1.807) is 41.8 Å². The molecule has 1 fully saturated rings. The van der Waals surface area contributed by atoms with E-state index in [1.807, 2.05) is 11.9 Å². The van der Waals surface area contributed by atoms with E-state index in [-0.39, 0.29) is 13.1 Å². The van der Waals surface area contributed by atoms with Crippen molar-refractivity contribution in [2.75, 3.05) is 50.2 Å². The average Bonchev–Trinajstić information content (AvgIpc) is 3.18. The predicted molar refractivity (Wildman–Crippen MR) is 116 cm³/mol. The van der Waals surface area contributed by atoms with Crippen LogP contribution in [0.15, 0.2) is 41.6 Å². The molecule has 1 aromatic carbocycles. The van der Waals surface area contributed by atoms with Crippen LogP contribution in [0.4, 0.5) is 25.5 Å². The van der Waals surface area contributed by atoms with Crippen LogP contribution >= 0.6 is 0 Å². The molecule has 0 aliphatic carbocycles. The van der Waals surface area contributed by atoms with Gasteiger partial charge in [-0.05, 0) is 30.3 Å². The number of hydrazone groups is 1. The van der Waals surface area contributed by atoms with Crippen molar-refractivity contribution in [3.63, 3.8) is 0 Å². The predicted octanol–water partition coefficient (Wildman–Crippen LogP) is 2.26. The van der Waals surface area contributed by atoms with Crippen molar-refractivity contribution in [3.8, 4) is 11.1 Å². The van der Waals surface area contributed by atoms with E-state index in [0.29, 0.717) is 29.2 Å². The highest BCUT2D eigenvalue weighted by Crippen LogP contribution is 2.29. The Bertz CT molecular complexity index is 1030. The van der Waals surface area contributed by atoms with Crippen molar-refractivity contribution in [3.05, 3.63) is 42.3 Å². The number of pyridine rings is 1. The minimum Gasteiger partial charge on any atom is -0.453 e. The number of carbonyl (C=O) groups excluding carboxylic acids is 2. The zero-order chi connectivity index (χ0) is 22.7. The third-order valence-electron chi connectivity index (χ3n) is 5.17. The van der Waals surface area contributed by atoms with Crippen molar-refractivity contribution >= 4 is 30.0 Å². The number of anilines is 2. The van der Waals surface area contributed by atoms with Gasteiger partial charge in [0.1, 0.15) is 24.1 Å². The topological polar surface area (TPSA) is 99.6 Å². The van der Waals surface area contributed by atoms with Crippen molar-refractivity contribution in [1.29, 1.82) is 0 Å². The molecule has 4 rings (SSSR count). The third-order valence-corrected chi connectivity index (χ3v) is 5.17. The highest BCUT2D eigenvalue weighted by atomic mass is 19.1. The molecule has 1 aromatic heterocycles. The van der Waals surface area contributed by atoms with E-state index < -0.39 is 24.1 Å². The second-order valence-electron chi connectivity index (χ2n) is 7.39. The van der Waals surface area contributed by atoms with Crippen molar-refractivity contribution in [1.82, 2.24) is 15.2 Å². The zero-order valence-electron chi connectivity index (χ0n) is 17.7. The number of benzene rings is 1. The number of likely N-dealkylation sites (N-methyl/N-ethyl adjacent to an activating group) is 1. The summed E-state index contributed by atoms with van der Waals surface area (Å²) >= 11 is 0. The van der Waals surface area contributed by atoms with Crippen LogP contribution in [0.1, 0.15) is 0 Å². The number of alkyl carbamates (subject to hydrolysis) is 1. The van der Waals surface area contributed by atoms with E-state index in [9.17, 15) is 14.0 Å². The Labute approximate surface area is 184 Å².